The third-order valence-electron chi connectivity index (χ3n) is 9.28. The Hall–Kier alpha value is -1.37. The van der Waals surface area contributed by atoms with Crippen molar-refractivity contribution in [2.75, 3.05) is 33.0 Å². The number of ether oxygens (including phenoxy) is 8. The molecule has 15 N–H and O–H groups in total. The third kappa shape index (κ3) is 9.52. The Morgan fingerprint density at radius 3 is 1.42 bits per heavy atom. The molecule has 4 saturated heterocycles. The van der Waals surface area contributed by atoms with E-state index < -0.39 is 149 Å². The molecule has 20 atom stereocenters. The number of aliphatic carboxylic acids is 1. The van der Waals surface area contributed by atoms with Crippen LogP contribution in [0.3, 0.4) is 0 Å². The van der Waals surface area contributed by atoms with Gasteiger partial charge in [-0.1, -0.05) is 0 Å². The highest BCUT2D eigenvalue weighted by molar-refractivity contribution is 5.73. The molecule has 12 unspecified atom stereocenters. The zero-order valence-electron chi connectivity index (χ0n) is 27.8. The molecule has 4 aliphatic heterocycles. The maximum absolute atomic E-state index is 12.3. The topological polar surface area (TPSA) is 380 Å². The lowest BCUT2D eigenvalue weighted by atomic mass is 9.95. The molecule has 0 amide bonds. The molecule has 0 saturated carbocycles. The van der Waals surface area contributed by atoms with Crippen molar-refractivity contribution in [1.29, 1.82) is 0 Å². The molecule has 52 heavy (non-hydrogen) atoms. The van der Waals surface area contributed by atoms with E-state index in [0.29, 0.717) is 13.0 Å². The minimum absolute atomic E-state index is 0.123. The maximum atomic E-state index is 12.3. The lowest BCUT2D eigenvalue weighted by Gasteiger charge is -2.48. The number of nitrogens with two attached hydrogens (primary N) is 1. The second-order valence-electron chi connectivity index (χ2n) is 12.9. The van der Waals surface area contributed by atoms with Gasteiger partial charge in [-0.2, -0.15) is 0 Å². The predicted molar refractivity (Wildman–Crippen MR) is 161 cm³/mol. The largest absolute Gasteiger partial charge is 0.479 e. The molecule has 304 valence electrons. The van der Waals surface area contributed by atoms with Gasteiger partial charge in [-0.3, -0.25) is 0 Å². The van der Waals surface area contributed by atoms with Crippen molar-refractivity contribution in [2.24, 2.45) is 5.73 Å². The molecule has 4 aliphatic rings. The Balaban J connectivity index is 1.42. The first-order valence-electron chi connectivity index (χ1n) is 16.8. The molecule has 0 radical (unpaired) electrons. The van der Waals surface area contributed by atoms with Crippen molar-refractivity contribution in [3.05, 3.63) is 0 Å². The van der Waals surface area contributed by atoms with E-state index in [-0.39, 0.29) is 6.61 Å². The van der Waals surface area contributed by atoms with E-state index in [2.05, 4.69) is 0 Å². The molecule has 4 heterocycles. The summed E-state index contributed by atoms with van der Waals surface area (Å²) in [4.78, 5) is 12.3. The average Bonchev–Trinajstić information content (AvgIpc) is 3.13. The van der Waals surface area contributed by atoms with Crippen molar-refractivity contribution >= 4 is 5.97 Å². The Morgan fingerprint density at radius 2 is 0.923 bits per heavy atom. The van der Waals surface area contributed by atoms with E-state index in [9.17, 15) is 71.2 Å². The van der Waals surface area contributed by atoms with Crippen molar-refractivity contribution in [3.8, 4) is 0 Å². The van der Waals surface area contributed by atoms with Gasteiger partial charge in [0.2, 0.25) is 0 Å². The quantitative estimate of drug-likeness (QED) is 0.0649. The highest BCUT2D eigenvalue weighted by Gasteiger charge is 2.56. The average molecular weight is 766 g/mol. The summed E-state index contributed by atoms with van der Waals surface area (Å²) in [6, 6.07) is 0. The summed E-state index contributed by atoms with van der Waals surface area (Å²) in [5.74, 6) is -1.79. The van der Waals surface area contributed by atoms with Crippen LogP contribution in [-0.2, 0) is 42.7 Å². The Labute approximate surface area is 296 Å². The Bertz CT molecular complexity index is 1090. The van der Waals surface area contributed by atoms with Crippen LogP contribution in [0.2, 0.25) is 0 Å². The second kappa shape index (κ2) is 19.5. The van der Waals surface area contributed by atoms with E-state index in [1.54, 1.807) is 0 Å². The van der Waals surface area contributed by atoms with Gasteiger partial charge in [-0.15, -0.1) is 0 Å². The van der Waals surface area contributed by atoms with Crippen molar-refractivity contribution in [1.82, 2.24) is 0 Å². The number of hydrogen-bond acceptors (Lipinski definition) is 22. The van der Waals surface area contributed by atoms with Crippen LogP contribution >= 0.6 is 0 Å². The standard InChI is InChI=1S/C29H51NO22/c30-4-2-1-3-5-45-26-18(40)14(36)21(10(7-32)47-26)50-29-20(42)16(38)23(24(52-29)25(43)44)51-28-19(41)15(37)22(11(8-33)48-28)49-27-17(39)13(35)12(34)9(6-31)46-27/h9-24,26-29,31-42H,1-8,30H2,(H,43,44)/t9?,10?,11?,12-,13?,14?,15?,16?,17?,18?,19?,20?,21-,22+,23+,24?,26-,27-,28-,29-/m1/s1. The van der Waals surface area contributed by atoms with E-state index in [1.165, 1.54) is 0 Å². The van der Waals surface area contributed by atoms with Crippen LogP contribution in [0.5, 0.6) is 0 Å². The smallest absolute Gasteiger partial charge is 0.335 e. The van der Waals surface area contributed by atoms with Crippen LogP contribution < -0.4 is 5.73 Å². The maximum Gasteiger partial charge on any atom is 0.335 e. The lowest BCUT2D eigenvalue weighted by Crippen LogP contribution is -2.68. The van der Waals surface area contributed by atoms with Gasteiger partial charge in [-0.25, -0.2) is 4.79 Å². The number of carbonyl (C=O) groups is 1. The van der Waals surface area contributed by atoms with E-state index in [1.807, 2.05) is 0 Å². The fourth-order valence-corrected chi connectivity index (χ4v) is 6.26. The minimum Gasteiger partial charge on any atom is -0.479 e. The summed E-state index contributed by atoms with van der Waals surface area (Å²) in [5.41, 5.74) is 5.46. The van der Waals surface area contributed by atoms with Crippen LogP contribution in [-0.4, -0.2) is 228 Å². The molecule has 4 rings (SSSR count). The van der Waals surface area contributed by atoms with Gasteiger partial charge in [-0.05, 0) is 25.8 Å². The number of aliphatic hydroxyl groups excluding tert-OH is 12. The van der Waals surface area contributed by atoms with Gasteiger partial charge in [0.1, 0.15) is 91.6 Å². The number of carboxylic acid groups (broad SMARTS) is 1. The van der Waals surface area contributed by atoms with E-state index >= 15 is 0 Å². The van der Waals surface area contributed by atoms with Crippen LogP contribution in [0.15, 0.2) is 0 Å². The van der Waals surface area contributed by atoms with Crippen molar-refractivity contribution < 1.29 is 109 Å². The molecular formula is C29H51NO22. The highest BCUT2D eigenvalue weighted by atomic mass is 16.8. The Kier molecular flexibility index (Phi) is 16.2. The number of unbranched alkanes of at least 4 members (excludes halogenated alkanes) is 2. The summed E-state index contributed by atoms with van der Waals surface area (Å²) in [6.45, 7) is -1.97. The number of rotatable bonds is 16. The monoisotopic (exact) mass is 765 g/mol. The third-order valence-corrected chi connectivity index (χ3v) is 9.28. The van der Waals surface area contributed by atoms with Crippen LogP contribution in [0.25, 0.3) is 0 Å². The summed E-state index contributed by atoms with van der Waals surface area (Å²) in [7, 11) is 0. The zero-order valence-corrected chi connectivity index (χ0v) is 27.8. The SMILES string of the molecule is NCCCCCO[C@@H]1OC(CO)[C@@H](O[C@@H]2OC(C(=O)O)[C@@H](O[C@H]3OC(CO)[C@H](O[C@H]4OC(CO)[C@@H](O)C(O)C4O)C(O)C3O)C(O)C2O)C(O)C1O. The molecule has 0 aromatic carbocycles. The van der Waals surface area contributed by atoms with Crippen molar-refractivity contribution in [3.63, 3.8) is 0 Å². The molecule has 0 spiro atoms. The predicted octanol–water partition coefficient (Wildman–Crippen LogP) is -8.50. The van der Waals surface area contributed by atoms with Gasteiger partial charge in [0.05, 0.1) is 19.8 Å². The molecule has 23 heteroatoms. The van der Waals surface area contributed by atoms with Crippen LogP contribution in [0.4, 0.5) is 0 Å². The van der Waals surface area contributed by atoms with E-state index in [4.69, 9.17) is 43.6 Å². The summed E-state index contributed by atoms with van der Waals surface area (Å²) < 4.78 is 43.6. The Morgan fingerprint density at radius 1 is 0.500 bits per heavy atom. The van der Waals surface area contributed by atoms with Gasteiger partial charge in [0.25, 0.3) is 0 Å². The summed E-state index contributed by atoms with van der Waals surface area (Å²) >= 11 is 0. The molecule has 0 aromatic rings. The molecule has 23 nitrogen and oxygen atoms in total. The van der Waals surface area contributed by atoms with Gasteiger partial charge >= 0.3 is 5.97 Å². The van der Waals surface area contributed by atoms with Crippen molar-refractivity contribution in [2.45, 2.75) is 142 Å². The molecule has 4 fully saturated rings. The number of aliphatic hydroxyl groups is 12. The molecular weight excluding hydrogens is 714 g/mol. The first-order valence-corrected chi connectivity index (χ1v) is 16.8. The molecule has 0 bridgehead atoms. The van der Waals surface area contributed by atoms with Gasteiger partial charge < -0.3 is 110 Å². The van der Waals surface area contributed by atoms with Gasteiger partial charge in [0, 0.05) is 6.61 Å². The first-order chi connectivity index (χ1) is 24.7. The zero-order chi connectivity index (χ0) is 38.4. The van der Waals surface area contributed by atoms with Crippen LogP contribution in [0, 0.1) is 0 Å². The number of hydrogen-bond donors (Lipinski definition) is 14. The first kappa shape index (κ1) is 43.4. The molecule has 0 aromatic heterocycles. The fraction of sp³-hybridized carbons (Fsp3) is 0.966. The second-order valence-corrected chi connectivity index (χ2v) is 12.9. The highest BCUT2D eigenvalue weighted by Crippen LogP contribution is 2.34. The number of carboxylic acids is 1. The molecule has 0 aliphatic carbocycles. The van der Waals surface area contributed by atoms with Crippen LogP contribution in [0.1, 0.15) is 19.3 Å². The minimum atomic E-state index is -2.20. The normalized spacial score (nSPS) is 47.3. The fourth-order valence-electron chi connectivity index (χ4n) is 6.26. The lowest BCUT2D eigenvalue weighted by molar-refractivity contribution is -0.385. The van der Waals surface area contributed by atoms with Gasteiger partial charge in [0.15, 0.2) is 31.3 Å². The summed E-state index contributed by atoms with van der Waals surface area (Å²) in [6.07, 6.45) is -35.0. The van der Waals surface area contributed by atoms with E-state index in [0.717, 1.165) is 12.8 Å². The summed E-state index contributed by atoms with van der Waals surface area (Å²) in [5, 5.41) is 135.